The van der Waals surface area contributed by atoms with Gasteiger partial charge >= 0.3 is 5.91 Å². The Morgan fingerprint density at radius 3 is 2.59 bits per heavy atom. The molecule has 3 aliphatic rings. The molecule has 2 aliphatic heterocycles. The summed E-state index contributed by atoms with van der Waals surface area (Å²) >= 11 is 0. The Kier molecular flexibility index (Phi) is 6.93. The molecule has 3 heterocycles. The van der Waals surface area contributed by atoms with Crippen LogP contribution in [0.25, 0.3) is 0 Å². The van der Waals surface area contributed by atoms with Gasteiger partial charge in [0.1, 0.15) is 11.6 Å². The number of hydrogen-bond acceptors (Lipinski definition) is 6. The summed E-state index contributed by atoms with van der Waals surface area (Å²) in [6.45, 7) is 0.494. The highest BCUT2D eigenvalue weighted by Crippen LogP contribution is 2.32. The molecule has 4 atom stereocenters. The third-order valence-electron chi connectivity index (χ3n) is 7.92. The first-order chi connectivity index (χ1) is 19.0. The maximum absolute atomic E-state index is 13.9. The van der Waals surface area contributed by atoms with Crippen molar-refractivity contribution in [1.29, 1.82) is 0 Å². The third-order valence-corrected chi connectivity index (χ3v) is 7.92. The van der Waals surface area contributed by atoms with Gasteiger partial charge in [0.2, 0.25) is 0 Å². The van der Waals surface area contributed by atoms with Crippen LogP contribution < -0.4 is 21.1 Å². The largest absolute Gasteiger partial charge is 0.370 e. The molecule has 4 unspecified atom stereocenters. The molecule has 9 heteroatoms. The molecule has 1 amide bonds. The van der Waals surface area contributed by atoms with E-state index in [0.717, 1.165) is 48.3 Å². The number of allylic oxidation sites excluding steroid dienone is 2. The number of aromatic nitrogens is 2. The first kappa shape index (κ1) is 25.3. The van der Waals surface area contributed by atoms with E-state index in [0.29, 0.717) is 22.9 Å². The lowest BCUT2D eigenvalue weighted by molar-refractivity contribution is -0.846. The van der Waals surface area contributed by atoms with E-state index in [4.69, 9.17) is 5.10 Å². The third kappa shape index (κ3) is 5.20. The van der Waals surface area contributed by atoms with Crippen molar-refractivity contribution in [3.05, 3.63) is 95.5 Å². The Labute approximate surface area is 228 Å². The van der Waals surface area contributed by atoms with E-state index in [1.165, 1.54) is 6.08 Å². The summed E-state index contributed by atoms with van der Waals surface area (Å²) in [5, 5.41) is 12.7. The quantitative estimate of drug-likeness (QED) is 0.402. The standard InChI is InChI=1S/C30H34FN7O/c1-36-17-16-22(31)18-26(36)21-14-12-20(13-15-21)19-38-29-27(28(35-38)32-23-8-4-3-5-9-23)30(39)37(2)34-25-11-7-6-10-24(25)33-29/h3-5,8-9,12-18,24-26,33-34H,6-7,10-11,19H2,1-2H3,(H,32,35)/p+1. The molecular formula is C30H35FN7O+. The number of nitrogens with one attached hydrogen (secondary N) is 4. The SMILES string of the molecule is CN1C=CC(F)=CC1c1ccc(Cn2nc(Nc3ccccc3)c3c2NC2CCCCC2N[NH+](C)C3=O)cc1. The molecule has 0 saturated heterocycles. The molecule has 1 aliphatic carbocycles. The van der Waals surface area contributed by atoms with Crippen LogP contribution in [0.5, 0.6) is 0 Å². The molecule has 0 spiro atoms. The smallest absolute Gasteiger partial charge is 0.370 e. The van der Waals surface area contributed by atoms with Crippen LogP contribution >= 0.6 is 0 Å². The number of benzene rings is 2. The summed E-state index contributed by atoms with van der Waals surface area (Å²) in [7, 11) is 3.82. The number of hydrogen-bond donors (Lipinski definition) is 4. The van der Waals surface area contributed by atoms with Crippen LogP contribution in [-0.4, -0.2) is 46.8 Å². The second kappa shape index (κ2) is 10.7. The lowest BCUT2D eigenvalue weighted by Crippen LogP contribution is -3.19. The second-order valence-corrected chi connectivity index (χ2v) is 10.7. The van der Waals surface area contributed by atoms with Crippen molar-refractivity contribution in [2.45, 2.75) is 50.4 Å². The van der Waals surface area contributed by atoms with E-state index in [1.807, 2.05) is 66.1 Å². The highest BCUT2D eigenvalue weighted by atomic mass is 19.1. The van der Waals surface area contributed by atoms with Crippen LogP contribution in [0, 0.1) is 0 Å². The van der Waals surface area contributed by atoms with Gasteiger partial charge in [-0.05, 0) is 48.3 Å². The van der Waals surface area contributed by atoms with Crippen molar-refractivity contribution < 1.29 is 14.2 Å². The van der Waals surface area contributed by atoms with Gasteiger partial charge in [-0.15, -0.1) is 0 Å². The molecule has 0 radical (unpaired) electrons. The van der Waals surface area contributed by atoms with E-state index in [9.17, 15) is 9.18 Å². The van der Waals surface area contributed by atoms with Crippen LogP contribution in [0.15, 0.2) is 78.8 Å². The molecule has 6 rings (SSSR count). The van der Waals surface area contributed by atoms with Gasteiger partial charge in [-0.1, -0.05) is 55.3 Å². The molecule has 0 bridgehead atoms. The predicted octanol–water partition coefficient (Wildman–Crippen LogP) is 3.92. The lowest BCUT2D eigenvalue weighted by atomic mass is 9.90. The Morgan fingerprint density at radius 2 is 1.82 bits per heavy atom. The average molecular weight is 529 g/mol. The Morgan fingerprint density at radius 1 is 1.08 bits per heavy atom. The van der Waals surface area contributed by atoms with E-state index >= 15 is 0 Å². The Bertz CT molecular complexity index is 1400. The van der Waals surface area contributed by atoms with Crippen LogP contribution in [0.4, 0.5) is 21.7 Å². The van der Waals surface area contributed by atoms with Crippen LogP contribution in [0.2, 0.25) is 0 Å². The number of quaternary nitrogens is 1. The number of likely N-dealkylation sites (N-methyl/N-ethyl adjacent to an activating group) is 1. The summed E-state index contributed by atoms with van der Waals surface area (Å²) in [6.07, 6.45) is 9.22. The molecule has 8 nitrogen and oxygen atoms in total. The van der Waals surface area contributed by atoms with Crippen molar-refractivity contribution in [2.24, 2.45) is 0 Å². The van der Waals surface area contributed by atoms with E-state index in [-0.39, 0.29) is 29.9 Å². The number of carbonyl (C=O) groups excluding carboxylic acids is 1. The minimum absolute atomic E-state index is 0.0521. The molecular weight excluding hydrogens is 493 g/mol. The summed E-state index contributed by atoms with van der Waals surface area (Å²) in [4.78, 5) is 15.7. The highest BCUT2D eigenvalue weighted by molar-refractivity contribution is 5.99. The van der Waals surface area contributed by atoms with Gasteiger partial charge in [-0.3, -0.25) is 0 Å². The summed E-state index contributed by atoms with van der Waals surface area (Å²) in [6, 6.07) is 18.2. The molecule has 4 N–H and O–H groups in total. The molecule has 2 aromatic carbocycles. The van der Waals surface area contributed by atoms with Crippen molar-refractivity contribution in [3.8, 4) is 0 Å². The monoisotopic (exact) mass is 528 g/mol. The number of halogens is 1. The number of fused-ring (bicyclic) bond motifs is 2. The van der Waals surface area contributed by atoms with Gasteiger partial charge in [0.15, 0.2) is 11.4 Å². The topological polar surface area (TPSA) is 78.7 Å². The fourth-order valence-corrected chi connectivity index (χ4v) is 5.80. The summed E-state index contributed by atoms with van der Waals surface area (Å²) in [5.74, 6) is 1.01. The maximum atomic E-state index is 13.9. The molecule has 202 valence electrons. The van der Waals surface area contributed by atoms with Gasteiger partial charge in [0, 0.05) is 25.0 Å². The normalized spacial score (nSPS) is 24.6. The zero-order valence-corrected chi connectivity index (χ0v) is 22.3. The number of nitrogens with zero attached hydrogens (tertiary/aromatic N) is 3. The number of anilines is 3. The Hall–Kier alpha value is -3.95. The molecule has 1 saturated carbocycles. The average Bonchev–Trinajstić information content (AvgIpc) is 3.26. The predicted molar refractivity (Wildman–Crippen MR) is 150 cm³/mol. The highest BCUT2D eigenvalue weighted by Gasteiger charge is 2.38. The number of para-hydroxylation sites is 1. The first-order valence-corrected chi connectivity index (χ1v) is 13.7. The molecule has 39 heavy (non-hydrogen) atoms. The fourth-order valence-electron chi connectivity index (χ4n) is 5.80. The van der Waals surface area contributed by atoms with Gasteiger partial charge in [0.05, 0.1) is 25.7 Å². The van der Waals surface area contributed by atoms with E-state index < -0.39 is 0 Å². The Balaban J connectivity index is 1.35. The van der Waals surface area contributed by atoms with Gasteiger partial charge in [0.25, 0.3) is 0 Å². The van der Waals surface area contributed by atoms with Gasteiger partial charge in [-0.2, -0.15) is 15.5 Å². The summed E-state index contributed by atoms with van der Waals surface area (Å²) in [5.41, 5.74) is 6.99. The fraction of sp³-hybridized carbons (Fsp3) is 0.333. The van der Waals surface area contributed by atoms with E-state index in [1.54, 1.807) is 12.3 Å². The van der Waals surface area contributed by atoms with Crippen molar-refractivity contribution >= 4 is 23.2 Å². The zero-order chi connectivity index (χ0) is 26.9. The van der Waals surface area contributed by atoms with Crippen molar-refractivity contribution in [2.75, 3.05) is 24.7 Å². The zero-order valence-electron chi connectivity index (χ0n) is 22.3. The van der Waals surface area contributed by atoms with Crippen LogP contribution in [0.3, 0.4) is 0 Å². The lowest BCUT2D eigenvalue weighted by Gasteiger charge is -2.35. The van der Waals surface area contributed by atoms with Crippen molar-refractivity contribution in [3.63, 3.8) is 0 Å². The second-order valence-electron chi connectivity index (χ2n) is 10.7. The maximum Gasteiger partial charge on any atom is 0.370 e. The van der Waals surface area contributed by atoms with Gasteiger partial charge in [-0.25, -0.2) is 13.9 Å². The molecule has 3 aromatic rings. The first-order valence-electron chi connectivity index (χ1n) is 13.7. The molecule has 1 fully saturated rings. The minimum atomic E-state index is -0.228. The molecule has 1 aromatic heterocycles. The number of amides is 1. The summed E-state index contributed by atoms with van der Waals surface area (Å²) < 4.78 is 15.8. The number of rotatable bonds is 5. The van der Waals surface area contributed by atoms with Gasteiger partial charge < -0.3 is 15.5 Å². The van der Waals surface area contributed by atoms with Crippen LogP contribution in [-0.2, 0) is 6.54 Å². The minimum Gasteiger partial charge on any atom is -0.370 e. The van der Waals surface area contributed by atoms with E-state index in [2.05, 4.69) is 28.2 Å². The van der Waals surface area contributed by atoms with Crippen LogP contribution in [0.1, 0.15) is 53.2 Å². The van der Waals surface area contributed by atoms with Crippen molar-refractivity contribution in [1.82, 2.24) is 20.1 Å². The number of carbonyl (C=O) groups is 1.